The topological polar surface area (TPSA) is 62.5 Å². The van der Waals surface area contributed by atoms with Crippen LogP contribution in [-0.2, 0) is 11.3 Å². The summed E-state index contributed by atoms with van der Waals surface area (Å²) in [6.07, 6.45) is 1.52. The van der Waals surface area contributed by atoms with Gasteiger partial charge in [-0.3, -0.25) is 10.1 Å². The van der Waals surface area contributed by atoms with Crippen LogP contribution < -0.4 is 5.32 Å². The fraction of sp³-hybridized carbons (Fsp3) is 0.154. The fourth-order valence-corrected chi connectivity index (χ4v) is 1.62. The van der Waals surface area contributed by atoms with E-state index in [2.05, 4.69) is 5.32 Å². The van der Waals surface area contributed by atoms with E-state index in [-0.39, 0.29) is 0 Å². The number of carboxylic acids is 1. The van der Waals surface area contributed by atoms with Crippen molar-refractivity contribution in [2.45, 2.75) is 12.6 Å². The maximum absolute atomic E-state index is 12.8. The molecule has 1 atom stereocenters. The van der Waals surface area contributed by atoms with E-state index in [4.69, 9.17) is 9.52 Å². The number of hydrogen-bond acceptors (Lipinski definition) is 3. The fourth-order valence-electron chi connectivity index (χ4n) is 1.62. The molecule has 18 heavy (non-hydrogen) atoms. The van der Waals surface area contributed by atoms with Gasteiger partial charge in [0.2, 0.25) is 0 Å². The summed E-state index contributed by atoms with van der Waals surface area (Å²) in [4.78, 5) is 11.2. The highest BCUT2D eigenvalue weighted by atomic mass is 19.1. The summed E-state index contributed by atoms with van der Waals surface area (Å²) >= 11 is 0. The Morgan fingerprint density at radius 1 is 1.33 bits per heavy atom. The Bertz CT molecular complexity index is 508. The van der Waals surface area contributed by atoms with Crippen LogP contribution in [-0.4, -0.2) is 11.1 Å². The monoisotopic (exact) mass is 249 g/mol. The summed E-state index contributed by atoms with van der Waals surface area (Å²) in [5.41, 5.74) is 0.496. The average Bonchev–Trinajstić information content (AvgIpc) is 2.84. The van der Waals surface area contributed by atoms with Gasteiger partial charge < -0.3 is 9.52 Å². The molecule has 0 saturated heterocycles. The number of rotatable bonds is 5. The smallest absolute Gasteiger partial charge is 0.325 e. The Labute approximate surface area is 103 Å². The molecular formula is C13H12FNO3. The Hall–Kier alpha value is -2.14. The average molecular weight is 249 g/mol. The lowest BCUT2D eigenvalue weighted by Gasteiger charge is -2.13. The molecule has 0 spiro atoms. The van der Waals surface area contributed by atoms with Crippen molar-refractivity contribution in [2.75, 3.05) is 0 Å². The SMILES string of the molecule is O=C(O)C(NCc1ccco1)c1ccc(F)cc1. The Morgan fingerprint density at radius 2 is 2.06 bits per heavy atom. The highest BCUT2D eigenvalue weighted by molar-refractivity contribution is 5.75. The summed E-state index contributed by atoms with van der Waals surface area (Å²) in [5, 5.41) is 12.0. The summed E-state index contributed by atoms with van der Waals surface area (Å²) in [6.45, 7) is 0.293. The molecule has 1 aromatic heterocycles. The van der Waals surface area contributed by atoms with Crippen molar-refractivity contribution in [2.24, 2.45) is 0 Å². The third-order valence-electron chi connectivity index (χ3n) is 2.51. The first-order chi connectivity index (χ1) is 8.66. The number of halogens is 1. The minimum absolute atomic E-state index is 0.293. The van der Waals surface area contributed by atoms with Crippen LogP contribution in [0.5, 0.6) is 0 Å². The van der Waals surface area contributed by atoms with Gasteiger partial charge in [-0.15, -0.1) is 0 Å². The third-order valence-corrected chi connectivity index (χ3v) is 2.51. The highest BCUT2D eigenvalue weighted by Gasteiger charge is 2.19. The zero-order valence-electron chi connectivity index (χ0n) is 9.47. The molecule has 0 fully saturated rings. The minimum Gasteiger partial charge on any atom is -0.480 e. The molecule has 1 heterocycles. The Balaban J connectivity index is 2.08. The van der Waals surface area contributed by atoms with Crippen molar-refractivity contribution >= 4 is 5.97 Å². The second-order valence-electron chi connectivity index (χ2n) is 3.78. The van der Waals surface area contributed by atoms with E-state index in [1.807, 2.05) is 0 Å². The van der Waals surface area contributed by atoms with Crippen LogP contribution in [0.15, 0.2) is 47.1 Å². The molecule has 1 aromatic carbocycles. The maximum Gasteiger partial charge on any atom is 0.325 e. The molecule has 0 radical (unpaired) electrons. The van der Waals surface area contributed by atoms with Crippen molar-refractivity contribution in [3.05, 3.63) is 59.8 Å². The first kappa shape index (κ1) is 12.3. The van der Waals surface area contributed by atoms with E-state index in [1.165, 1.54) is 30.5 Å². The maximum atomic E-state index is 12.8. The molecule has 0 saturated carbocycles. The lowest BCUT2D eigenvalue weighted by atomic mass is 10.1. The molecule has 0 aliphatic heterocycles. The molecule has 5 heteroatoms. The predicted molar refractivity (Wildman–Crippen MR) is 62.3 cm³/mol. The Kier molecular flexibility index (Phi) is 3.74. The van der Waals surface area contributed by atoms with Gasteiger partial charge in [-0.25, -0.2) is 4.39 Å². The standard InChI is InChI=1S/C13H12FNO3/c14-10-5-3-9(4-6-10)12(13(16)17)15-8-11-2-1-7-18-11/h1-7,12,15H,8H2,(H,16,17). The second-order valence-corrected chi connectivity index (χ2v) is 3.78. The molecule has 94 valence electrons. The molecule has 0 amide bonds. The van der Waals surface area contributed by atoms with Crippen LogP contribution in [0.25, 0.3) is 0 Å². The van der Waals surface area contributed by atoms with Gasteiger partial charge in [-0.2, -0.15) is 0 Å². The second kappa shape index (κ2) is 5.46. The molecule has 2 aromatic rings. The van der Waals surface area contributed by atoms with Crippen LogP contribution in [0.2, 0.25) is 0 Å². The zero-order valence-corrected chi connectivity index (χ0v) is 9.47. The van der Waals surface area contributed by atoms with E-state index in [1.54, 1.807) is 12.1 Å². The van der Waals surface area contributed by atoms with Gasteiger partial charge in [0.05, 0.1) is 12.8 Å². The van der Waals surface area contributed by atoms with Gasteiger partial charge in [0.25, 0.3) is 0 Å². The van der Waals surface area contributed by atoms with Crippen molar-refractivity contribution in [3.8, 4) is 0 Å². The van der Waals surface area contributed by atoms with Gasteiger partial charge in [-0.05, 0) is 29.8 Å². The van der Waals surface area contributed by atoms with Crippen molar-refractivity contribution in [1.82, 2.24) is 5.32 Å². The normalized spacial score (nSPS) is 12.3. The van der Waals surface area contributed by atoms with Gasteiger partial charge in [0, 0.05) is 0 Å². The summed E-state index contributed by atoms with van der Waals surface area (Å²) in [5.74, 6) is -0.773. The van der Waals surface area contributed by atoms with Crippen LogP contribution in [0.3, 0.4) is 0 Å². The van der Waals surface area contributed by atoms with Crippen molar-refractivity contribution in [1.29, 1.82) is 0 Å². The van der Waals surface area contributed by atoms with Crippen LogP contribution >= 0.6 is 0 Å². The highest BCUT2D eigenvalue weighted by Crippen LogP contribution is 2.15. The van der Waals surface area contributed by atoms with Gasteiger partial charge in [0.1, 0.15) is 17.6 Å². The van der Waals surface area contributed by atoms with E-state index < -0.39 is 17.8 Å². The molecule has 0 aliphatic carbocycles. The van der Waals surface area contributed by atoms with E-state index in [0.717, 1.165) is 0 Å². The summed E-state index contributed by atoms with van der Waals surface area (Å²) in [7, 11) is 0. The molecular weight excluding hydrogens is 237 g/mol. The first-order valence-electron chi connectivity index (χ1n) is 5.41. The number of aliphatic carboxylic acids is 1. The zero-order chi connectivity index (χ0) is 13.0. The molecule has 2 N–H and O–H groups in total. The first-order valence-corrected chi connectivity index (χ1v) is 5.41. The van der Waals surface area contributed by atoms with Crippen LogP contribution in [0.1, 0.15) is 17.4 Å². The van der Waals surface area contributed by atoms with Crippen molar-refractivity contribution in [3.63, 3.8) is 0 Å². The van der Waals surface area contributed by atoms with Gasteiger partial charge in [0.15, 0.2) is 0 Å². The number of furan rings is 1. The lowest BCUT2D eigenvalue weighted by molar-refractivity contribution is -0.139. The van der Waals surface area contributed by atoms with E-state index in [9.17, 15) is 9.18 Å². The van der Waals surface area contributed by atoms with Crippen LogP contribution in [0.4, 0.5) is 4.39 Å². The quantitative estimate of drug-likeness (QED) is 0.853. The Morgan fingerprint density at radius 3 is 2.61 bits per heavy atom. The number of nitrogens with one attached hydrogen (secondary N) is 1. The van der Waals surface area contributed by atoms with Gasteiger partial charge in [-0.1, -0.05) is 12.1 Å². The number of carbonyl (C=O) groups is 1. The molecule has 1 unspecified atom stereocenters. The molecule has 0 aliphatic rings. The van der Waals surface area contributed by atoms with E-state index in [0.29, 0.717) is 17.9 Å². The summed E-state index contributed by atoms with van der Waals surface area (Å²) < 4.78 is 17.9. The van der Waals surface area contributed by atoms with Crippen LogP contribution in [0, 0.1) is 5.82 Å². The van der Waals surface area contributed by atoms with Gasteiger partial charge >= 0.3 is 5.97 Å². The van der Waals surface area contributed by atoms with E-state index >= 15 is 0 Å². The molecule has 4 nitrogen and oxygen atoms in total. The third kappa shape index (κ3) is 2.95. The summed E-state index contributed by atoms with van der Waals surface area (Å²) in [6, 6.07) is 7.95. The number of benzene rings is 1. The largest absolute Gasteiger partial charge is 0.480 e. The number of carboxylic acid groups (broad SMARTS) is 1. The molecule has 2 rings (SSSR count). The van der Waals surface area contributed by atoms with Crippen molar-refractivity contribution < 1.29 is 18.7 Å². The number of hydrogen-bond donors (Lipinski definition) is 2. The lowest BCUT2D eigenvalue weighted by Crippen LogP contribution is -2.27. The minimum atomic E-state index is -1.02. The molecule has 0 bridgehead atoms. The predicted octanol–water partition coefficient (Wildman–Crippen LogP) is 2.33.